The van der Waals surface area contributed by atoms with Gasteiger partial charge in [-0.05, 0) is 6.92 Å². The van der Waals surface area contributed by atoms with Crippen LogP contribution in [0.25, 0.3) is 0 Å². The minimum atomic E-state index is -3.19. The summed E-state index contributed by atoms with van der Waals surface area (Å²) < 4.78 is 41.1. The van der Waals surface area contributed by atoms with E-state index >= 15 is 0 Å². The van der Waals surface area contributed by atoms with E-state index in [0.717, 1.165) is 0 Å². The number of hydrogen-bond donors (Lipinski definition) is 0. The van der Waals surface area contributed by atoms with Crippen LogP contribution in [0.1, 0.15) is 6.92 Å². The first-order chi connectivity index (χ1) is 6.89. The average molecular weight is 234 g/mol. The van der Waals surface area contributed by atoms with Gasteiger partial charge in [-0.25, -0.2) is 4.39 Å². The van der Waals surface area contributed by atoms with Crippen molar-refractivity contribution in [2.24, 2.45) is 0 Å². The van der Waals surface area contributed by atoms with Crippen LogP contribution in [0, 0.1) is 12.3 Å². The van der Waals surface area contributed by atoms with Crippen LogP contribution in [0.15, 0.2) is 0 Å². The third-order valence-corrected chi connectivity index (χ3v) is 3.95. The first-order valence-corrected chi connectivity index (χ1v) is 6.60. The van der Waals surface area contributed by atoms with Gasteiger partial charge < -0.3 is 9.26 Å². The molecule has 2 rings (SSSR count). The molecule has 0 aromatic carbocycles. The highest BCUT2D eigenvalue weighted by atomic mass is 31.2. The smallest absolute Gasteiger partial charge is 0.328 e. The van der Waals surface area contributed by atoms with Gasteiger partial charge in [0, 0.05) is 6.66 Å². The molecule has 2 aliphatic rings. The molecule has 4 nitrogen and oxygen atoms in total. The lowest BCUT2D eigenvalue weighted by Gasteiger charge is -2.32. The number of fused-ring (bicyclic) bond motifs is 1. The molecule has 0 spiro atoms. The second-order valence-corrected chi connectivity index (χ2v) is 5.83. The summed E-state index contributed by atoms with van der Waals surface area (Å²) in [4.78, 5) is 0. The monoisotopic (exact) mass is 234 g/mol. The zero-order valence-corrected chi connectivity index (χ0v) is 9.37. The standard InChI is InChI=1S/C9H12FO4P/c1-4-9(10)6(2)13-7-5-12-15(3,11)14-8(7)9/h1,6-8H,5H2,2-3H3/t6-,7+,8+,9-,15?/m0/s1. The van der Waals surface area contributed by atoms with Gasteiger partial charge in [0.05, 0.1) is 6.61 Å². The molecule has 0 saturated carbocycles. The number of alkyl halides is 1. The number of halogens is 1. The lowest BCUT2D eigenvalue weighted by atomic mass is 9.94. The van der Waals surface area contributed by atoms with Crippen molar-refractivity contribution in [1.82, 2.24) is 0 Å². The summed E-state index contributed by atoms with van der Waals surface area (Å²) in [5.74, 6) is 2.03. The topological polar surface area (TPSA) is 44.8 Å². The van der Waals surface area contributed by atoms with Crippen molar-refractivity contribution in [2.45, 2.75) is 30.9 Å². The van der Waals surface area contributed by atoms with Crippen molar-refractivity contribution in [3.05, 3.63) is 0 Å². The Balaban J connectivity index is 2.31. The van der Waals surface area contributed by atoms with E-state index < -0.39 is 31.6 Å². The van der Waals surface area contributed by atoms with E-state index in [1.165, 1.54) is 13.6 Å². The largest absolute Gasteiger partial charge is 0.365 e. The van der Waals surface area contributed by atoms with Crippen molar-refractivity contribution >= 4 is 7.60 Å². The molecule has 1 unspecified atom stereocenters. The normalized spacial score (nSPS) is 54.7. The Labute approximate surface area is 87.6 Å². The van der Waals surface area contributed by atoms with Crippen molar-refractivity contribution in [2.75, 3.05) is 13.3 Å². The van der Waals surface area contributed by atoms with E-state index in [1.807, 2.05) is 5.92 Å². The second kappa shape index (κ2) is 3.29. The van der Waals surface area contributed by atoms with Gasteiger partial charge in [0.15, 0.2) is 0 Å². The summed E-state index contributed by atoms with van der Waals surface area (Å²) in [6.45, 7) is 2.88. The highest BCUT2D eigenvalue weighted by Gasteiger charge is 2.59. The molecule has 0 aromatic heterocycles. The van der Waals surface area contributed by atoms with E-state index in [2.05, 4.69) is 0 Å². The summed E-state index contributed by atoms with van der Waals surface area (Å²) >= 11 is 0. The molecular weight excluding hydrogens is 222 g/mol. The van der Waals surface area contributed by atoms with E-state index in [0.29, 0.717) is 0 Å². The first-order valence-electron chi connectivity index (χ1n) is 4.61. The van der Waals surface area contributed by atoms with Gasteiger partial charge >= 0.3 is 7.60 Å². The van der Waals surface area contributed by atoms with Gasteiger partial charge in [0.2, 0.25) is 5.67 Å². The van der Waals surface area contributed by atoms with Crippen LogP contribution < -0.4 is 0 Å². The van der Waals surface area contributed by atoms with Crippen molar-refractivity contribution in [1.29, 1.82) is 0 Å². The fourth-order valence-electron chi connectivity index (χ4n) is 1.85. The van der Waals surface area contributed by atoms with E-state index in [4.69, 9.17) is 20.2 Å². The molecule has 0 N–H and O–H groups in total. The molecule has 84 valence electrons. The van der Waals surface area contributed by atoms with E-state index in [9.17, 15) is 8.96 Å². The number of rotatable bonds is 0. The maximum Gasteiger partial charge on any atom is 0.328 e. The molecule has 2 heterocycles. The minimum absolute atomic E-state index is 0.0517. The van der Waals surface area contributed by atoms with Gasteiger partial charge in [0.1, 0.15) is 18.3 Å². The summed E-state index contributed by atoms with van der Waals surface area (Å²) in [6.07, 6.45) is 2.78. The van der Waals surface area contributed by atoms with Crippen LogP contribution in [0.4, 0.5) is 4.39 Å². The Morgan fingerprint density at radius 3 is 2.93 bits per heavy atom. The highest BCUT2D eigenvalue weighted by molar-refractivity contribution is 7.53. The third kappa shape index (κ3) is 1.62. The molecule has 0 radical (unpaired) electrons. The maximum atomic E-state index is 14.3. The minimum Gasteiger partial charge on any atom is -0.365 e. The SMILES string of the molecule is C#C[C@]1(F)[C@H](C)O[C@@H]2COP(C)(=O)O[C@H]21. The van der Waals surface area contributed by atoms with Gasteiger partial charge in [-0.2, -0.15) is 0 Å². The van der Waals surface area contributed by atoms with Crippen molar-refractivity contribution < 1.29 is 22.7 Å². The Morgan fingerprint density at radius 1 is 1.67 bits per heavy atom. The molecule has 0 aliphatic carbocycles. The molecule has 0 bridgehead atoms. The Bertz CT molecular complexity index is 366. The van der Waals surface area contributed by atoms with E-state index in [-0.39, 0.29) is 6.61 Å². The van der Waals surface area contributed by atoms with Crippen LogP contribution in [0.3, 0.4) is 0 Å². The Hall–Kier alpha value is -0.400. The lowest BCUT2D eigenvalue weighted by molar-refractivity contribution is -0.0366. The van der Waals surface area contributed by atoms with Crippen LogP contribution in [0.2, 0.25) is 0 Å². The maximum absolute atomic E-state index is 14.3. The second-order valence-electron chi connectivity index (χ2n) is 3.82. The summed E-state index contributed by atoms with van der Waals surface area (Å²) in [5, 5.41) is 0. The predicted molar refractivity (Wildman–Crippen MR) is 51.4 cm³/mol. The average Bonchev–Trinajstić information content (AvgIpc) is 2.40. The number of ether oxygens (including phenoxy) is 1. The van der Waals surface area contributed by atoms with Gasteiger partial charge in [-0.3, -0.25) is 9.09 Å². The van der Waals surface area contributed by atoms with Crippen LogP contribution in [-0.4, -0.2) is 37.3 Å². The molecule has 0 amide bonds. The zero-order chi connectivity index (χ0) is 11.3. The van der Waals surface area contributed by atoms with Gasteiger partial charge in [0.25, 0.3) is 0 Å². The molecule has 2 saturated heterocycles. The fourth-order valence-corrected chi connectivity index (χ4v) is 3.03. The Morgan fingerprint density at radius 2 is 2.33 bits per heavy atom. The molecule has 2 aliphatic heterocycles. The summed E-state index contributed by atoms with van der Waals surface area (Å²) in [7, 11) is -3.19. The number of hydrogen-bond acceptors (Lipinski definition) is 4. The predicted octanol–water partition coefficient (Wildman–Crippen LogP) is 1.35. The summed E-state index contributed by atoms with van der Waals surface area (Å²) in [6, 6.07) is 0. The van der Waals surface area contributed by atoms with Gasteiger partial charge in [-0.15, -0.1) is 6.42 Å². The number of terminal acetylenes is 1. The van der Waals surface area contributed by atoms with Crippen LogP contribution >= 0.6 is 7.60 Å². The zero-order valence-electron chi connectivity index (χ0n) is 8.47. The van der Waals surface area contributed by atoms with Gasteiger partial charge in [-0.1, -0.05) is 5.92 Å². The van der Waals surface area contributed by atoms with Crippen LogP contribution in [-0.2, 0) is 18.3 Å². The summed E-state index contributed by atoms with van der Waals surface area (Å²) in [5.41, 5.74) is -2.03. The quantitative estimate of drug-likeness (QED) is 0.469. The fraction of sp³-hybridized carbons (Fsp3) is 0.778. The molecular formula is C9H12FO4P. The van der Waals surface area contributed by atoms with Crippen molar-refractivity contribution in [3.8, 4) is 12.3 Å². The first kappa shape index (κ1) is 11.1. The van der Waals surface area contributed by atoms with Crippen molar-refractivity contribution in [3.63, 3.8) is 0 Å². The molecule has 15 heavy (non-hydrogen) atoms. The molecule has 0 aromatic rings. The third-order valence-electron chi connectivity index (χ3n) is 2.72. The molecule has 2 fully saturated rings. The molecule has 6 heteroatoms. The lowest BCUT2D eigenvalue weighted by Crippen LogP contribution is -2.46. The van der Waals surface area contributed by atoms with Crippen LogP contribution in [0.5, 0.6) is 0 Å². The highest BCUT2D eigenvalue weighted by Crippen LogP contribution is 2.54. The Kier molecular flexibility index (Phi) is 2.44. The van der Waals surface area contributed by atoms with E-state index in [1.54, 1.807) is 0 Å². The molecule has 5 atom stereocenters.